The number of carbonyl (C=O) groups excluding carboxylic acids is 1. The highest BCUT2D eigenvalue weighted by Crippen LogP contribution is 2.26. The van der Waals surface area contributed by atoms with Crippen molar-refractivity contribution in [2.24, 2.45) is 5.92 Å². The molecule has 0 aliphatic carbocycles. The molecular formula is C27H28N4O. The zero-order valence-corrected chi connectivity index (χ0v) is 18.2. The van der Waals surface area contributed by atoms with Crippen LogP contribution in [0.2, 0.25) is 0 Å². The number of pyridine rings is 1. The average Bonchev–Trinajstić information content (AvgIpc) is 3.23. The van der Waals surface area contributed by atoms with Crippen LogP contribution < -0.4 is 0 Å². The first-order valence-corrected chi connectivity index (χ1v) is 11.4. The van der Waals surface area contributed by atoms with Gasteiger partial charge in [0.15, 0.2) is 0 Å². The minimum atomic E-state index is 0.141. The van der Waals surface area contributed by atoms with Crippen molar-refractivity contribution in [2.45, 2.75) is 32.2 Å². The van der Waals surface area contributed by atoms with E-state index in [-0.39, 0.29) is 5.91 Å². The molecule has 5 heteroatoms. The van der Waals surface area contributed by atoms with Gasteiger partial charge >= 0.3 is 0 Å². The Bertz CT molecular complexity index is 1200. The zero-order chi connectivity index (χ0) is 21.8. The van der Waals surface area contributed by atoms with Gasteiger partial charge in [-0.15, -0.1) is 0 Å². The van der Waals surface area contributed by atoms with Crippen LogP contribution in [-0.4, -0.2) is 38.7 Å². The molecule has 5 rings (SSSR count). The third-order valence-electron chi connectivity index (χ3n) is 6.52. The molecule has 0 spiro atoms. The van der Waals surface area contributed by atoms with Crippen LogP contribution >= 0.6 is 0 Å². The van der Waals surface area contributed by atoms with E-state index < -0.39 is 0 Å². The van der Waals surface area contributed by atoms with E-state index in [1.54, 1.807) is 6.20 Å². The van der Waals surface area contributed by atoms with E-state index in [0.717, 1.165) is 55.4 Å². The molecule has 2 aromatic heterocycles. The maximum atomic E-state index is 13.4. The summed E-state index contributed by atoms with van der Waals surface area (Å²) in [4.78, 5) is 20.0. The summed E-state index contributed by atoms with van der Waals surface area (Å²) in [6.45, 7) is 2.24. The lowest BCUT2D eigenvalue weighted by Gasteiger charge is -2.22. The van der Waals surface area contributed by atoms with Gasteiger partial charge in [-0.05, 0) is 67.0 Å². The second kappa shape index (κ2) is 9.35. The summed E-state index contributed by atoms with van der Waals surface area (Å²) in [5, 5.41) is 5.55. The first-order valence-electron chi connectivity index (χ1n) is 11.4. The van der Waals surface area contributed by atoms with Gasteiger partial charge in [-0.1, -0.05) is 36.4 Å². The second-order valence-electron chi connectivity index (χ2n) is 8.64. The van der Waals surface area contributed by atoms with Gasteiger partial charge in [0.1, 0.15) is 0 Å². The standard InChI is InChI=1S/C27H28N4O/c32-27(25-10-2-1-8-23(25)20-31-17-6-15-29-31)30-16-5-7-21(13-18-30)19-22-9-3-12-26-24(22)11-4-14-28-26/h1-4,6,8-12,14-15,17,21H,5,7,13,16,18-20H2/t21-/m1/s1. The largest absolute Gasteiger partial charge is 0.339 e. The summed E-state index contributed by atoms with van der Waals surface area (Å²) >= 11 is 0. The Morgan fingerprint density at radius 2 is 1.81 bits per heavy atom. The van der Waals surface area contributed by atoms with Crippen LogP contribution in [0.25, 0.3) is 10.9 Å². The molecule has 5 nitrogen and oxygen atoms in total. The van der Waals surface area contributed by atoms with E-state index in [1.807, 2.05) is 58.4 Å². The van der Waals surface area contributed by atoms with Gasteiger partial charge in [0.2, 0.25) is 0 Å². The number of hydrogen-bond acceptors (Lipinski definition) is 3. The van der Waals surface area contributed by atoms with Crippen LogP contribution in [0.15, 0.2) is 79.3 Å². The van der Waals surface area contributed by atoms with E-state index in [4.69, 9.17) is 0 Å². The van der Waals surface area contributed by atoms with Crippen molar-refractivity contribution in [3.8, 4) is 0 Å². The van der Waals surface area contributed by atoms with E-state index in [2.05, 4.69) is 34.3 Å². The lowest BCUT2D eigenvalue weighted by Crippen LogP contribution is -2.33. The molecule has 0 unspecified atom stereocenters. The smallest absolute Gasteiger partial charge is 0.254 e. The Balaban J connectivity index is 1.28. The molecule has 0 radical (unpaired) electrons. The molecule has 1 fully saturated rings. The Morgan fingerprint density at radius 3 is 2.72 bits per heavy atom. The summed E-state index contributed by atoms with van der Waals surface area (Å²) in [7, 11) is 0. The minimum absolute atomic E-state index is 0.141. The van der Waals surface area contributed by atoms with Gasteiger partial charge in [-0.3, -0.25) is 14.5 Å². The van der Waals surface area contributed by atoms with Gasteiger partial charge in [0.05, 0.1) is 12.1 Å². The van der Waals surface area contributed by atoms with Crippen molar-refractivity contribution in [1.29, 1.82) is 0 Å². The Kier molecular flexibility index (Phi) is 5.97. The van der Waals surface area contributed by atoms with Gasteiger partial charge in [-0.25, -0.2) is 0 Å². The quantitative estimate of drug-likeness (QED) is 0.455. The molecule has 0 bridgehead atoms. The van der Waals surface area contributed by atoms with E-state index >= 15 is 0 Å². The van der Waals surface area contributed by atoms with E-state index in [9.17, 15) is 4.79 Å². The summed E-state index contributed by atoms with van der Waals surface area (Å²) in [5.41, 5.74) is 4.24. The summed E-state index contributed by atoms with van der Waals surface area (Å²) in [6, 6.07) is 20.4. The van der Waals surface area contributed by atoms with Crippen LogP contribution in [0.4, 0.5) is 0 Å². The molecule has 32 heavy (non-hydrogen) atoms. The molecule has 1 aliphatic rings. The molecule has 2 aromatic carbocycles. The highest BCUT2D eigenvalue weighted by molar-refractivity contribution is 5.95. The maximum absolute atomic E-state index is 13.4. The third kappa shape index (κ3) is 4.42. The number of aromatic nitrogens is 3. The molecule has 0 N–H and O–H groups in total. The molecule has 162 valence electrons. The summed E-state index contributed by atoms with van der Waals surface area (Å²) < 4.78 is 1.86. The number of amides is 1. The minimum Gasteiger partial charge on any atom is -0.339 e. The molecule has 0 saturated carbocycles. The van der Waals surface area contributed by atoms with Crippen molar-refractivity contribution in [1.82, 2.24) is 19.7 Å². The van der Waals surface area contributed by atoms with E-state index in [0.29, 0.717) is 12.5 Å². The normalized spacial score (nSPS) is 16.8. The SMILES string of the molecule is O=C(c1ccccc1Cn1cccn1)N1CCC[C@@H](Cc2cccc3ncccc23)CC1. The fourth-order valence-electron chi connectivity index (χ4n) is 4.83. The maximum Gasteiger partial charge on any atom is 0.254 e. The lowest BCUT2D eigenvalue weighted by molar-refractivity contribution is 0.0758. The van der Waals surface area contributed by atoms with Crippen molar-refractivity contribution in [3.05, 3.63) is 95.9 Å². The molecule has 1 aliphatic heterocycles. The number of benzene rings is 2. The van der Waals surface area contributed by atoms with Gasteiger partial charge in [0.25, 0.3) is 5.91 Å². The van der Waals surface area contributed by atoms with Gasteiger partial charge in [-0.2, -0.15) is 5.10 Å². The topological polar surface area (TPSA) is 51.0 Å². The third-order valence-corrected chi connectivity index (χ3v) is 6.52. The Morgan fingerprint density at radius 1 is 0.906 bits per heavy atom. The number of carbonyl (C=O) groups is 1. The number of nitrogens with zero attached hydrogens (tertiary/aromatic N) is 4. The molecule has 3 heterocycles. The first kappa shape index (κ1) is 20.4. The van der Waals surface area contributed by atoms with Crippen LogP contribution in [0.1, 0.15) is 40.7 Å². The van der Waals surface area contributed by atoms with Gasteiger partial charge in [0, 0.05) is 42.6 Å². The second-order valence-corrected chi connectivity index (χ2v) is 8.64. The predicted molar refractivity (Wildman–Crippen MR) is 126 cm³/mol. The van der Waals surface area contributed by atoms with Crippen molar-refractivity contribution in [2.75, 3.05) is 13.1 Å². The Hall–Kier alpha value is -3.47. The first-order chi connectivity index (χ1) is 15.8. The molecular weight excluding hydrogens is 396 g/mol. The van der Waals surface area contributed by atoms with Crippen molar-refractivity contribution < 1.29 is 4.79 Å². The monoisotopic (exact) mass is 424 g/mol. The van der Waals surface area contributed by atoms with Gasteiger partial charge < -0.3 is 4.90 Å². The fourth-order valence-corrected chi connectivity index (χ4v) is 4.83. The van der Waals surface area contributed by atoms with Crippen molar-refractivity contribution >= 4 is 16.8 Å². The van der Waals surface area contributed by atoms with Crippen LogP contribution in [-0.2, 0) is 13.0 Å². The lowest BCUT2D eigenvalue weighted by atomic mass is 9.91. The molecule has 1 amide bonds. The predicted octanol–water partition coefficient (Wildman–Crippen LogP) is 4.96. The fraction of sp³-hybridized carbons (Fsp3) is 0.296. The van der Waals surface area contributed by atoms with Crippen LogP contribution in [0, 0.1) is 5.92 Å². The van der Waals surface area contributed by atoms with Crippen LogP contribution in [0.5, 0.6) is 0 Å². The molecule has 1 saturated heterocycles. The summed E-state index contributed by atoms with van der Waals surface area (Å²) in [6.07, 6.45) is 9.82. The number of likely N-dealkylation sites (tertiary alicyclic amines) is 1. The molecule has 4 aromatic rings. The highest BCUT2D eigenvalue weighted by Gasteiger charge is 2.23. The number of fused-ring (bicyclic) bond motifs is 1. The van der Waals surface area contributed by atoms with Crippen LogP contribution in [0.3, 0.4) is 0 Å². The number of hydrogen-bond donors (Lipinski definition) is 0. The highest BCUT2D eigenvalue weighted by atomic mass is 16.2. The van der Waals surface area contributed by atoms with E-state index in [1.165, 1.54) is 10.9 Å². The Labute approximate surface area is 188 Å². The average molecular weight is 425 g/mol. The van der Waals surface area contributed by atoms with Crippen molar-refractivity contribution in [3.63, 3.8) is 0 Å². The zero-order valence-electron chi connectivity index (χ0n) is 18.2. The number of rotatable bonds is 5. The molecule has 1 atom stereocenters. The summed E-state index contributed by atoms with van der Waals surface area (Å²) in [5.74, 6) is 0.723.